The van der Waals surface area contributed by atoms with E-state index >= 15 is 0 Å². The number of hydrogen-bond donors (Lipinski definition) is 2. The molecule has 0 saturated carbocycles. The summed E-state index contributed by atoms with van der Waals surface area (Å²) in [5.41, 5.74) is 6.72. The van der Waals surface area contributed by atoms with E-state index in [1.54, 1.807) is 0 Å². The molecule has 2 rings (SSSR count). The number of aliphatic hydroxyl groups is 1. The first-order valence-electron chi connectivity index (χ1n) is 6.29. The minimum Gasteiger partial charge on any atom is -0.393 e. The zero-order valence-corrected chi connectivity index (χ0v) is 10.3. The second-order valence-electron chi connectivity index (χ2n) is 4.98. The fraction of sp³-hybridized carbons (Fsp3) is 0.615. The van der Waals surface area contributed by atoms with E-state index in [2.05, 4.69) is 9.88 Å². The lowest BCUT2D eigenvalue weighted by Crippen LogP contribution is -2.36. The van der Waals surface area contributed by atoms with Crippen LogP contribution in [0.4, 0.5) is 11.5 Å². The van der Waals surface area contributed by atoms with Crippen LogP contribution in [0, 0.1) is 5.92 Å². The SMILES string of the molecule is CC(O)CC1CCCN(c2ccc(N)nc2)C1. The van der Waals surface area contributed by atoms with Crippen molar-refractivity contribution in [2.24, 2.45) is 5.92 Å². The maximum Gasteiger partial charge on any atom is 0.123 e. The Hall–Kier alpha value is -1.29. The lowest BCUT2D eigenvalue weighted by Gasteiger charge is -2.34. The zero-order chi connectivity index (χ0) is 12.3. The summed E-state index contributed by atoms with van der Waals surface area (Å²) >= 11 is 0. The van der Waals surface area contributed by atoms with Gasteiger partial charge in [-0.2, -0.15) is 0 Å². The Balaban J connectivity index is 1.99. The molecule has 2 heterocycles. The van der Waals surface area contributed by atoms with E-state index in [0.29, 0.717) is 11.7 Å². The van der Waals surface area contributed by atoms with E-state index in [-0.39, 0.29) is 6.10 Å². The predicted octanol–water partition coefficient (Wildman–Crippen LogP) is 1.65. The van der Waals surface area contributed by atoms with E-state index < -0.39 is 0 Å². The van der Waals surface area contributed by atoms with Crippen LogP contribution < -0.4 is 10.6 Å². The van der Waals surface area contributed by atoms with Crippen molar-refractivity contribution in [3.8, 4) is 0 Å². The molecule has 1 saturated heterocycles. The fourth-order valence-electron chi connectivity index (χ4n) is 2.56. The first-order valence-corrected chi connectivity index (χ1v) is 6.29. The maximum atomic E-state index is 9.45. The van der Waals surface area contributed by atoms with Crippen LogP contribution in [0.1, 0.15) is 26.2 Å². The highest BCUT2D eigenvalue weighted by atomic mass is 16.3. The van der Waals surface area contributed by atoms with Gasteiger partial charge in [0.15, 0.2) is 0 Å². The Morgan fingerprint density at radius 1 is 1.59 bits per heavy atom. The number of nitrogens with zero attached hydrogens (tertiary/aromatic N) is 2. The van der Waals surface area contributed by atoms with Gasteiger partial charge >= 0.3 is 0 Å². The van der Waals surface area contributed by atoms with Crippen molar-refractivity contribution in [2.45, 2.75) is 32.3 Å². The van der Waals surface area contributed by atoms with E-state index in [1.165, 1.54) is 12.8 Å². The minimum absolute atomic E-state index is 0.204. The molecule has 1 fully saturated rings. The Bertz CT molecular complexity index is 350. The molecule has 0 aliphatic carbocycles. The van der Waals surface area contributed by atoms with Gasteiger partial charge in [-0.15, -0.1) is 0 Å². The van der Waals surface area contributed by atoms with Crippen LogP contribution in [0.3, 0.4) is 0 Å². The van der Waals surface area contributed by atoms with Gasteiger partial charge in [0, 0.05) is 13.1 Å². The number of nitrogens with two attached hydrogens (primary N) is 1. The first-order chi connectivity index (χ1) is 8.15. The summed E-state index contributed by atoms with van der Waals surface area (Å²) in [4.78, 5) is 6.46. The Labute approximate surface area is 102 Å². The zero-order valence-electron chi connectivity index (χ0n) is 10.3. The summed E-state index contributed by atoms with van der Waals surface area (Å²) in [7, 11) is 0. The molecule has 94 valence electrons. The highest BCUT2D eigenvalue weighted by Crippen LogP contribution is 2.25. The normalized spacial score (nSPS) is 22.5. The molecule has 4 heteroatoms. The minimum atomic E-state index is -0.204. The van der Waals surface area contributed by atoms with Crippen molar-refractivity contribution in [2.75, 3.05) is 23.7 Å². The predicted molar refractivity (Wildman–Crippen MR) is 69.9 cm³/mol. The number of hydrogen-bond acceptors (Lipinski definition) is 4. The third-order valence-corrected chi connectivity index (χ3v) is 3.33. The van der Waals surface area contributed by atoms with E-state index in [4.69, 9.17) is 5.73 Å². The van der Waals surface area contributed by atoms with E-state index in [9.17, 15) is 5.11 Å². The molecule has 1 aromatic rings. The smallest absolute Gasteiger partial charge is 0.123 e. The number of piperidine rings is 1. The molecule has 2 atom stereocenters. The molecule has 17 heavy (non-hydrogen) atoms. The van der Waals surface area contributed by atoms with Gasteiger partial charge in [0.1, 0.15) is 5.82 Å². The quantitative estimate of drug-likeness (QED) is 0.836. The van der Waals surface area contributed by atoms with Crippen LogP contribution in [-0.2, 0) is 0 Å². The van der Waals surface area contributed by atoms with Crippen molar-refractivity contribution < 1.29 is 5.11 Å². The van der Waals surface area contributed by atoms with Crippen LogP contribution >= 0.6 is 0 Å². The number of aliphatic hydroxyl groups excluding tert-OH is 1. The molecule has 3 N–H and O–H groups in total. The lowest BCUT2D eigenvalue weighted by atomic mass is 9.92. The van der Waals surface area contributed by atoms with Gasteiger partial charge in [0.05, 0.1) is 18.0 Å². The number of nitrogen functional groups attached to an aromatic ring is 1. The average molecular weight is 235 g/mol. The van der Waals surface area contributed by atoms with Crippen LogP contribution in [0.25, 0.3) is 0 Å². The number of anilines is 2. The van der Waals surface area contributed by atoms with Crippen molar-refractivity contribution in [1.82, 2.24) is 4.98 Å². The molecule has 1 aromatic heterocycles. The van der Waals surface area contributed by atoms with Crippen LogP contribution in [-0.4, -0.2) is 29.3 Å². The molecular formula is C13H21N3O. The molecule has 4 nitrogen and oxygen atoms in total. The number of pyridine rings is 1. The summed E-state index contributed by atoms with van der Waals surface area (Å²) in [5, 5.41) is 9.45. The van der Waals surface area contributed by atoms with Gasteiger partial charge in [0.25, 0.3) is 0 Å². The van der Waals surface area contributed by atoms with Crippen molar-refractivity contribution in [3.63, 3.8) is 0 Å². The van der Waals surface area contributed by atoms with Gasteiger partial charge in [0.2, 0.25) is 0 Å². The van der Waals surface area contributed by atoms with Gasteiger partial charge in [-0.3, -0.25) is 0 Å². The molecule has 2 unspecified atom stereocenters. The summed E-state index contributed by atoms with van der Waals surface area (Å²) in [6.45, 7) is 3.95. The third-order valence-electron chi connectivity index (χ3n) is 3.33. The largest absolute Gasteiger partial charge is 0.393 e. The fourth-order valence-corrected chi connectivity index (χ4v) is 2.56. The summed E-state index contributed by atoms with van der Waals surface area (Å²) in [5.74, 6) is 1.15. The van der Waals surface area contributed by atoms with Gasteiger partial charge in [-0.25, -0.2) is 4.98 Å². The molecule has 1 aliphatic heterocycles. The molecule has 0 amide bonds. The standard InChI is InChI=1S/C13H21N3O/c1-10(17)7-11-3-2-6-16(9-11)12-4-5-13(14)15-8-12/h4-5,8,10-11,17H,2-3,6-7,9H2,1H3,(H2,14,15). The highest BCUT2D eigenvalue weighted by Gasteiger charge is 2.21. The van der Waals surface area contributed by atoms with Crippen molar-refractivity contribution in [1.29, 1.82) is 0 Å². The molecular weight excluding hydrogens is 214 g/mol. The van der Waals surface area contributed by atoms with Crippen LogP contribution in [0.15, 0.2) is 18.3 Å². The summed E-state index contributed by atoms with van der Waals surface area (Å²) < 4.78 is 0. The average Bonchev–Trinajstić information content (AvgIpc) is 2.29. The molecule has 0 aromatic carbocycles. The molecule has 0 bridgehead atoms. The van der Waals surface area contributed by atoms with Gasteiger partial charge in [-0.05, 0) is 44.2 Å². The lowest BCUT2D eigenvalue weighted by molar-refractivity contribution is 0.154. The van der Waals surface area contributed by atoms with Crippen molar-refractivity contribution >= 4 is 11.5 Å². The number of rotatable bonds is 3. The van der Waals surface area contributed by atoms with Gasteiger partial charge < -0.3 is 15.7 Å². The monoisotopic (exact) mass is 235 g/mol. The highest BCUT2D eigenvalue weighted by molar-refractivity contribution is 5.48. The Morgan fingerprint density at radius 2 is 2.41 bits per heavy atom. The molecule has 0 spiro atoms. The van der Waals surface area contributed by atoms with Crippen molar-refractivity contribution in [3.05, 3.63) is 18.3 Å². The molecule has 1 aliphatic rings. The molecule has 0 radical (unpaired) electrons. The van der Waals surface area contributed by atoms with E-state index in [0.717, 1.165) is 25.2 Å². The van der Waals surface area contributed by atoms with Crippen LogP contribution in [0.5, 0.6) is 0 Å². The van der Waals surface area contributed by atoms with Gasteiger partial charge in [-0.1, -0.05) is 0 Å². The second kappa shape index (κ2) is 5.36. The summed E-state index contributed by atoms with van der Waals surface area (Å²) in [6, 6.07) is 3.86. The topological polar surface area (TPSA) is 62.4 Å². The first kappa shape index (κ1) is 12.2. The van der Waals surface area contributed by atoms with E-state index in [1.807, 2.05) is 25.3 Å². The maximum absolute atomic E-state index is 9.45. The Morgan fingerprint density at radius 3 is 3.06 bits per heavy atom. The Kier molecular flexibility index (Phi) is 3.84. The van der Waals surface area contributed by atoms with Crippen LogP contribution in [0.2, 0.25) is 0 Å². The summed E-state index contributed by atoms with van der Waals surface area (Å²) in [6.07, 6.45) is 4.91. The third kappa shape index (κ3) is 3.33. The second-order valence-corrected chi connectivity index (χ2v) is 4.98. The number of aromatic nitrogens is 1.